The molecule has 0 aliphatic carbocycles. The molecule has 1 heterocycles. The third-order valence-corrected chi connectivity index (χ3v) is 5.62. The minimum absolute atomic E-state index is 0.261. The Morgan fingerprint density at radius 1 is 1.36 bits per heavy atom. The van der Waals surface area contributed by atoms with E-state index in [2.05, 4.69) is 21.9 Å². The van der Waals surface area contributed by atoms with Gasteiger partial charge in [-0.05, 0) is 55.2 Å². The van der Waals surface area contributed by atoms with Crippen LogP contribution < -0.4 is 10.0 Å². The lowest BCUT2D eigenvalue weighted by Gasteiger charge is -2.33. The molecule has 0 amide bonds. The molecule has 0 spiro atoms. The van der Waals surface area contributed by atoms with E-state index in [1.165, 1.54) is 6.42 Å². The highest BCUT2D eigenvalue weighted by atomic mass is 32.2. The molecule has 1 saturated heterocycles. The van der Waals surface area contributed by atoms with Crippen LogP contribution in [0, 0.1) is 5.92 Å². The molecule has 1 aliphatic heterocycles. The number of rotatable bonds is 4. The molecule has 1 aromatic rings. The highest BCUT2D eigenvalue weighted by Gasteiger charge is 2.18. The number of sulfonamides is 1. The molecule has 0 aromatic heterocycles. The maximum Gasteiger partial charge on any atom is 0.240 e. The zero-order valence-corrected chi connectivity index (χ0v) is 14.6. The second-order valence-corrected chi connectivity index (χ2v) is 7.80. The largest absolute Gasteiger partial charge is 0.349 e. The maximum absolute atomic E-state index is 11.9. The molecule has 22 heavy (non-hydrogen) atoms. The Hall–Kier alpha value is -1.18. The zero-order chi connectivity index (χ0) is 16.2. The average Bonchev–Trinajstić information content (AvgIpc) is 2.47. The number of likely N-dealkylation sites (tertiary alicyclic amines) is 1. The summed E-state index contributed by atoms with van der Waals surface area (Å²) in [7, 11) is -3.40. The van der Waals surface area contributed by atoms with Crippen LogP contribution in [0.25, 0.3) is 0 Å². The number of nitrogens with one attached hydrogen (secondary N) is 2. The number of thiocarbonyl (C=S) groups is 1. The van der Waals surface area contributed by atoms with Gasteiger partial charge in [-0.3, -0.25) is 0 Å². The lowest BCUT2D eigenvalue weighted by molar-refractivity contribution is 0.276. The Kier molecular flexibility index (Phi) is 5.77. The molecule has 1 aliphatic rings. The molecular weight excluding hydrogens is 318 g/mol. The summed E-state index contributed by atoms with van der Waals surface area (Å²) in [6.07, 6.45) is 2.40. The summed E-state index contributed by atoms with van der Waals surface area (Å²) in [6, 6.07) is 6.65. The van der Waals surface area contributed by atoms with Crippen LogP contribution >= 0.6 is 12.2 Å². The van der Waals surface area contributed by atoms with Crippen molar-refractivity contribution in [1.82, 2.24) is 9.62 Å². The van der Waals surface area contributed by atoms with Crippen molar-refractivity contribution in [3.05, 3.63) is 24.3 Å². The molecule has 1 atom stereocenters. The summed E-state index contributed by atoms with van der Waals surface area (Å²) in [4.78, 5) is 2.43. The van der Waals surface area contributed by atoms with Crippen molar-refractivity contribution in [2.75, 3.05) is 25.0 Å². The molecule has 0 radical (unpaired) electrons. The normalized spacial score (nSPS) is 19.0. The Morgan fingerprint density at radius 2 is 2.05 bits per heavy atom. The molecule has 2 N–H and O–H groups in total. The van der Waals surface area contributed by atoms with Gasteiger partial charge in [0.15, 0.2) is 5.11 Å². The van der Waals surface area contributed by atoms with E-state index in [0.717, 1.165) is 25.2 Å². The average molecular weight is 342 g/mol. The van der Waals surface area contributed by atoms with Crippen LogP contribution in [0.1, 0.15) is 26.7 Å². The van der Waals surface area contributed by atoms with Crippen molar-refractivity contribution in [3.63, 3.8) is 0 Å². The second kappa shape index (κ2) is 7.39. The van der Waals surface area contributed by atoms with Gasteiger partial charge < -0.3 is 10.2 Å². The zero-order valence-electron chi connectivity index (χ0n) is 13.0. The Labute approximate surface area is 138 Å². The summed E-state index contributed by atoms with van der Waals surface area (Å²) in [5.41, 5.74) is 0.804. The van der Waals surface area contributed by atoms with Crippen LogP contribution in [0.5, 0.6) is 0 Å². The van der Waals surface area contributed by atoms with Gasteiger partial charge in [0.05, 0.1) is 4.90 Å². The standard InChI is InChI=1S/C15H23N3O2S2/c1-3-16-22(19,20)14-8-6-13(7-9-14)17-15(21)18-10-4-5-12(2)11-18/h6-9,12,16H,3-5,10-11H2,1-2H3,(H,17,21)/t12-/m0/s1. The van der Waals surface area contributed by atoms with E-state index in [4.69, 9.17) is 12.2 Å². The molecule has 122 valence electrons. The van der Waals surface area contributed by atoms with E-state index in [-0.39, 0.29) is 4.90 Å². The van der Waals surface area contributed by atoms with Gasteiger partial charge in [0.2, 0.25) is 10.0 Å². The first-order chi connectivity index (χ1) is 10.4. The van der Waals surface area contributed by atoms with Gasteiger partial charge in [0.25, 0.3) is 0 Å². The smallest absolute Gasteiger partial charge is 0.240 e. The van der Waals surface area contributed by atoms with Gasteiger partial charge in [-0.25, -0.2) is 13.1 Å². The SMILES string of the molecule is CCNS(=O)(=O)c1ccc(NC(=S)N2CCC[C@H](C)C2)cc1. The topological polar surface area (TPSA) is 61.4 Å². The van der Waals surface area contributed by atoms with Crippen LogP contribution in [-0.2, 0) is 10.0 Å². The van der Waals surface area contributed by atoms with Crippen molar-refractivity contribution < 1.29 is 8.42 Å². The van der Waals surface area contributed by atoms with Gasteiger partial charge in [-0.1, -0.05) is 13.8 Å². The summed E-state index contributed by atoms with van der Waals surface area (Å²) in [5, 5.41) is 3.89. The highest BCUT2D eigenvalue weighted by Crippen LogP contribution is 2.18. The molecular formula is C15H23N3O2S2. The number of hydrogen-bond acceptors (Lipinski definition) is 3. The van der Waals surface area contributed by atoms with Crippen LogP contribution in [-0.4, -0.2) is 38.1 Å². The third kappa shape index (κ3) is 4.41. The second-order valence-electron chi connectivity index (χ2n) is 5.65. The fourth-order valence-corrected chi connectivity index (χ4v) is 3.89. The van der Waals surface area contributed by atoms with E-state index in [9.17, 15) is 8.42 Å². The van der Waals surface area contributed by atoms with Crippen molar-refractivity contribution in [2.45, 2.75) is 31.6 Å². The van der Waals surface area contributed by atoms with Gasteiger partial charge >= 0.3 is 0 Å². The summed E-state index contributed by atoms with van der Waals surface area (Å²) >= 11 is 5.44. The summed E-state index contributed by atoms with van der Waals surface area (Å²) in [5.74, 6) is 0.654. The van der Waals surface area contributed by atoms with Gasteiger partial charge in [-0.2, -0.15) is 0 Å². The highest BCUT2D eigenvalue weighted by molar-refractivity contribution is 7.89. The van der Waals surface area contributed by atoms with Crippen molar-refractivity contribution in [2.24, 2.45) is 5.92 Å². The monoisotopic (exact) mass is 341 g/mol. The third-order valence-electron chi connectivity index (χ3n) is 3.69. The lowest BCUT2D eigenvalue weighted by Crippen LogP contribution is -2.41. The van der Waals surface area contributed by atoms with Crippen LogP contribution in [0.3, 0.4) is 0 Å². The van der Waals surface area contributed by atoms with Crippen LogP contribution in [0.4, 0.5) is 5.69 Å². The lowest BCUT2D eigenvalue weighted by atomic mass is 10.0. The number of anilines is 1. The van der Waals surface area contributed by atoms with E-state index in [1.54, 1.807) is 31.2 Å². The Bertz CT molecular complexity index is 614. The van der Waals surface area contributed by atoms with E-state index < -0.39 is 10.0 Å². The number of benzene rings is 1. The van der Waals surface area contributed by atoms with Crippen LogP contribution in [0.15, 0.2) is 29.2 Å². The van der Waals surface area contributed by atoms with E-state index in [1.807, 2.05) is 0 Å². The minimum atomic E-state index is -3.40. The molecule has 2 rings (SSSR count). The molecule has 7 heteroatoms. The maximum atomic E-state index is 11.9. The number of hydrogen-bond donors (Lipinski definition) is 2. The number of nitrogens with zero attached hydrogens (tertiary/aromatic N) is 1. The number of piperidine rings is 1. The molecule has 0 unspecified atom stereocenters. The molecule has 0 bridgehead atoms. The minimum Gasteiger partial charge on any atom is -0.349 e. The summed E-state index contributed by atoms with van der Waals surface area (Å²) in [6.45, 7) is 6.31. The van der Waals surface area contributed by atoms with Crippen LogP contribution in [0.2, 0.25) is 0 Å². The quantitative estimate of drug-likeness (QED) is 0.824. The first-order valence-corrected chi connectivity index (χ1v) is 9.47. The van der Waals surface area contributed by atoms with E-state index >= 15 is 0 Å². The molecule has 1 fully saturated rings. The van der Waals surface area contributed by atoms with Crippen molar-refractivity contribution >= 4 is 33.0 Å². The summed E-state index contributed by atoms with van der Waals surface area (Å²) < 4.78 is 26.2. The Balaban J connectivity index is 2.00. The predicted molar refractivity (Wildman–Crippen MR) is 93.5 cm³/mol. The van der Waals surface area contributed by atoms with Gasteiger partial charge in [-0.15, -0.1) is 0 Å². The van der Waals surface area contributed by atoms with Crippen molar-refractivity contribution in [3.8, 4) is 0 Å². The first kappa shape index (κ1) is 17.2. The fraction of sp³-hybridized carbons (Fsp3) is 0.533. The predicted octanol–water partition coefficient (Wildman–Crippen LogP) is 2.41. The molecule has 5 nitrogen and oxygen atoms in total. The fourth-order valence-electron chi connectivity index (χ4n) is 2.57. The molecule has 0 saturated carbocycles. The first-order valence-electron chi connectivity index (χ1n) is 7.58. The van der Waals surface area contributed by atoms with E-state index in [0.29, 0.717) is 17.6 Å². The Morgan fingerprint density at radius 3 is 2.64 bits per heavy atom. The van der Waals surface area contributed by atoms with Gasteiger partial charge in [0, 0.05) is 25.3 Å². The van der Waals surface area contributed by atoms with Crippen molar-refractivity contribution in [1.29, 1.82) is 0 Å². The van der Waals surface area contributed by atoms with Gasteiger partial charge in [0.1, 0.15) is 0 Å². The molecule has 1 aromatic carbocycles.